The molecule has 2 aromatic rings. The molecule has 1 atom stereocenters. The van der Waals surface area contributed by atoms with Gasteiger partial charge in [-0.25, -0.2) is 4.79 Å². The van der Waals surface area contributed by atoms with Crippen LogP contribution in [0.5, 0.6) is 17.2 Å². The van der Waals surface area contributed by atoms with Crippen molar-refractivity contribution in [2.24, 2.45) is 0 Å². The summed E-state index contributed by atoms with van der Waals surface area (Å²) in [6.07, 6.45) is -3.22. The maximum absolute atomic E-state index is 10.6. The van der Waals surface area contributed by atoms with E-state index in [0.717, 1.165) is 30.9 Å². The molecular formula is C20H22F3NO5. The highest BCUT2D eigenvalue weighted by Crippen LogP contribution is 2.36. The number of carbonyl (C=O) groups is 1. The summed E-state index contributed by atoms with van der Waals surface area (Å²) in [6.45, 7) is 0.950. The van der Waals surface area contributed by atoms with E-state index in [1.165, 1.54) is 16.7 Å². The van der Waals surface area contributed by atoms with Gasteiger partial charge in [-0.15, -0.1) is 0 Å². The number of fused-ring (bicyclic) bond motifs is 1. The van der Waals surface area contributed by atoms with E-state index in [1.807, 2.05) is 12.1 Å². The van der Waals surface area contributed by atoms with E-state index in [2.05, 4.69) is 17.4 Å². The van der Waals surface area contributed by atoms with E-state index >= 15 is 0 Å². The number of rotatable bonds is 4. The Kier molecular flexibility index (Phi) is 7.33. The van der Waals surface area contributed by atoms with Gasteiger partial charge in [0, 0.05) is 6.04 Å². The van der Waals surface area contributed by atoms with Gasteiger partial charge in [-0.1, -0.05) is 12.1 Å². The normalized spacial score (nSPS) is 15.6. The Labute approximate surface area is 165 Å². The van der Waals surface area contributed by atoms with Crippen molar-refractivity contribution in [1.82, 2.24) is 5.32 Å². The molecular weight excluding hydrogens is 391 g/mol. The Morgan fingerprint density at radius 1 is 1.14 bits per heavy atom. The van der Waals surface area contributed by atoms with Gasteiger partial charge >= 0.3 is 12.1 Å². The zero-order chi connectivity index (χ0) is 21.6. The lowest BCUT2D eigenvalue weighted by Gasteiger charge is -2.28. The molecule has 3 rings (SSSR count). The minimum absolute atomic E-state index is 0.244. The van der Waals surface area contributed by atoms with Crippen molar-refractivity contribution >= 4 is 5.97 Å². The van der Waals surface area contributed by atoms with Crippen LogP contribution in [-0.4, -0.2) is 43.1 Å². The van der Waals surface area contributed by atoms with Crippen LogP contribution >= 0.6 is 0 Å². The van der Waals surface area contributed by atoms with Crippen molar-refractivity contribution in [3.63, 3.8) is 0 Å². The molecule has 0 spiro atoms. The largest absolute Gasteiger partial charge is 0.508 e. The second-order valence-corrected chi connectivity index (χ2v) is 6.34. The number of carboxylic acids is 1. The van der Waals surface area contributed by atoms with Crippen LogP contribution in [0.1, 0.15) is 22.7 Å². The minimum Gasteiger partial charge on any atom is -0.508 e. The Morgan fingerprint density at radius 3 is 2.21 bits per heavy atom. The molecule has 2 aromatic carbocycles. The van der Waals surface area contributed by atoms with Crippen LogP contribution < -0.4 is 14.8 Å². The molecule has 1 unspecified atom stereocenters. The third-order valence-corrected chi connectivity index (χ3v) is 4.42. The second kappa shape index (κ2) is 9.51. The Bertz CT molecular complexity index is 837. The number of aromatic hydroxyl groups is 1. The number of ether oxygens (including phenoxy) is 2. The molecule has 0 aromatic heterocycles. The molecule has 158 valence electrons. The molecule has 6 nitrogen and oxygen atoms in total. The maximum Gasteiger partial charge on any atom is 0.490 e. The molecule has 0 radical (unpaired) electrons. The van der Waals surface area contributed by atoms with Gasteiger partial charge in [-0.05, 0) is 60.3 Å². The molecule has 0 fully saturated rings. The van der Waals surface area contributed by atoms with Crippen LogP contribution in [0.3, 0.4) is 0 Å². The number of hydrogen-bond donors (Lipinski definition) is 3. The van der Waals surface area contributed by atoms with Gasteiger partial charge in [-0.3, -0.25) is 0 Å². The first-order valence-corrected chi connectivity index (χ1v) is 8.72. The standard InChI is InChI=1S/C18H21NO3.C2HF3O2/c1-21-17-10-13-7-8-19-16(15(13)11-18(17)22-2)9-12-3-5-14(20)6-4-12;3-2(4,5)1(6)7/h3-6,10-11,16,19-20H,7-9H2,1-2H3;(H,6,7). The summed E-state index contributed by atoms with van der Waals surface area (Å²) in [4.78, 5) is 8.90. The maximum atomic E-state index is 10.6. The number of hydrogen-bond acceptors (Lipinski definition) is 5. The topological polar surface area (TPSA) is 88.0 Å². The van der Waals surface area contributed by atoms with Crippen LogP contribution in [0.2, 0.25) is 0 Å². The lowest BCUT2D eigenvalue weighted by atomic mass is 9.90. The van der Waals surface area contributed by atoms with Crippen molar-refractivity contribution in [3.8, 4) is 17.2 Å². The number of benzene rings is 2. The predicted molar refractivity (Wildman–Crippen MR) is 99.5 cm³/mol. The Morgan fingerprint density at radius 2 is 1.69 bits per heavy atom. The molecule has 1 aliphatic rings. The number of methoxy groups -OCH3 is 2. The number of nitrogens with one attached hydrogen (secondary N) is 1. The van der Waals surface area contributed by atoms with E-state index < -0.39 is 12.1 Å². The number of halogens is 3. The monoisotopic (exact) mass is 413 g/mol. The third kappa shape index (κ3) is 6.02. The van der Waals surface area contributed by atoms with Gasteiger partial charge < -0.3 is 25.0 Å². The van der Waals surface area contributed by atoms with Crippen LogP contribution in [0.25, 0.3) is 0 Å². The SMILES string of the molecule is COc1cc2c(cc1OC)C(Cc1ccc(O)cc1)NCC2.O=C(O)C(F)(F)F. The van der Waals surface area contributed by atoms with Crippen LogP contribution in [0.4, 0.5) is 13.2 Å². The number of phenols is 1. The second-order valence-electron chi connectivity index (χ2n) is 6.34. The molecule has 9 heteroatoms. The van der Waals surface area contributed by atoms with Crippen LogP contribution in [-0.2, 0) is 17.6 Å². The Balaban J connectivity index is 0.000000370. The molecule has 29 heavy (non-hydrogen) atoms. The van der Waals surface area contributed by atoms with Gasteiger partial charge in [0.1, 0.15) is 5.75 Å². The summed E-state index contributed by atoms with van der Waals surface area (Å²) in [7, 11) is 3.33. The van der Waals surface area contributed by atoms with Crippen molar-refractivity contribution in [3.05, 3.63) is 53.1 Å². The van der Waals surface area contributed by atoms with E-state index in [9.17, 15) is 18.3 Å². The lowest BCUT2D eigenvalue weighted by Crippen LogP contribution is -2.31. The van der Waals surface area contributed by atoms with Crippen molar-refractivity contribution < 1.29 is 37.7 Å². The average molecular weight is 413 g/mol. The third-order valence-electron chi connectivity index (χ3n) is 4.42. The van der Waals surface area contributed by atoms with Gasteiger partial charge in [-0.2, -0.15) is 13.2 Å². The first kappa shape index (κ1) is 22.4. The number of phenolic OH excluding ortho intramolecular Hbond substituents is 1. The number of alkyl halides is 3. The van der Waals surface area contributed by atoms with Crippen LogP contribution in [0, 0.1) is 0 Å². The number of carboxylic acid groups (broad SMARTS) is 1. The fourth-order valence-corrected chi connectivity index (χ4v) is 3.02. The Hall–Kier alpha value is -2.94. The summed E-state index contributed by atoms with van der Waals surface area (Å²) in [5.41, 5.74) is 3.76. The summed E-state index contributed by atoms with van der Waals surface area (Å²) < 4.78 is 42.6. The summed E-state index contributed by atoms with van der Waals surface area (Å²) in [5.74, 6) is -0.910. The van der Waals surface area contributed by atoms with Gasteiger partial charge in [0.05, 0.1) is 14.2 Å². The molecule has 1 heterocycles. The lowest BCUT2D eigenvalue weighted by molar-refractivity contribution is -0.192. The highest BCUT2D eigenvalue weighted by molar-refractivity contribution is 5.73. The van der Waals surface area contributed by atoms with Gasteiger partial charge in [0.2, 0.25) is 0 Å². The molecule has 1 aliphatic heterocycles. The summed E-state index contributed by atoms with van der Waals surface area (Å²) in [5, 5.41) is 20.1. The summed E-state index contributed by atoms with van der Waals surface area (Å²) in [6, 6.07) is 11.8. The van der Waals surface area contributed by atoms with Crippen molar-refractivity contribution in [1.29, 1.82) is 0 Å². The predicted octanol–water partition coefficient (Wildman–Crippen LogP) is 3.47. The minimum atomic E-state index is -5.08. The molecule has 0 amide bonds. The molecule has 0 bridgehead atoms. The molecule has 0 aliphatic carbocycles. The van der Waals surface area contributed by atoms with E-state index in [-0.39, 0.29) is 6.04 Å². The highest BCUT2D eigenvalue weighted by atomic mass is 19.4. The first-order valence-electron chi connectivity index (χ1n) is 8.72. The van der Waals surface area contributed by atoms with Crippen molar-refractivity contribution in [2.75, 3.05) is 20.8 Å². The molecule has 0 saturated carbocycles. The van der Waals surface area contributed by atoms with E-state index in [4.69, 9.17) is 19.4 Å². The zero-order valence-electron chi connectivity index (χ0n) is 15.9. The fourth-order valence-electron chi connectivity index (χ4n) is 3.02. The molecule has 0 saturated heterocycles. The number of aliphatic carboxylic acids is 1. The zero-order valence-corrected chi connectivity index (χ0v) is 15.9. The van der Waals surface area contributed by atoms with E-state index in [0.29, 0.717) is 5.75 Å². The summed E-state index contributed by atoms with van der Waals surface area (Å²) >= 11 is 0. The fraction of sp³-hybridized carbons (Fsp3) is 0.350. The van der Waals surface area contributed by atoms with Crippen molar-refractivity contribution in [2.45, 2.75) is 25.1 Å². The average Bonchev–Trinajstić information content (AvgIpc) is 2.68. The molecule has 3 N–H and O–H groups in total. The van der Waals surface area contributed by atoms with Crippen LogP contribution in [0.15, 0.2) is 36.4 Å². The quantitative estimate of drug-likeness (QED) is 0.712. The smallest absolute Gasteiger partial charge is 0.490 e. The van der Waals surface area contributed by atoms with Gasteiger partial charge in [0.15, 0.2) is 11.5 Å². The highest BCUT2D eigenvalue weighted by Gasteiger charge is 2.38. The first-order chi connectivity index (χ1) is 13.7. The van der Waals surface area contributed by atoms with Gasteiger partial charge in [0.25, 0.3) is 0 Å². The van der Waals surface area contributed by atoms with E-state index in [1.54, 1.807) is 26.4 Å².